The number of amidine groups is 1. The summed E-state index contributed by atoms with van der Waals surface area (Å²) in [5.74, 6) is 1.12. The molecule has 0 amide bonds. The lowest BCUT2D eigenvalue weighted by Crippen LogP contribution is -2.46. The van der Waals surface area contributed by atoms with E-state index < -0.39 is 0 Å². The quantitative estimate of drug-likeness (QED) is 0.876. The fourth-order valence-electron chi connectivity index (χ4n) is 1.92. The molecule has 1 aromatic rings. The first kappa shape index (κ1) is 13.8. The van der Waals surface area contributed by atoms with Crippen LogP contribution in [0, 0.1) is 0 Å². The highest BCUT2D eigenvalue weighted by Crippen LogP contribution is 2.28. The molecule has 1 aliphatic heterocycles. The molecular weight excluding hydrogens is 264 g/mol. The summed E-state index contributed by atoms with van der Waals surface area (Å²) in [5.41, 5.74) is 1.22. The highest BCUT2D eigenvalue weighted by atomic mass is 35.5. The molecule has 1 saturated heterocycles. The molecule has 0 radical (unpaired) electrons. The molecule has 1 heterocycles. The van der Waals surface area contributed by atoms with Gasteiger partial charge in [0.25, 0.3) is 0 Å². The first-order valence-corrected chi connectivity index (χ1v) is 7.57. The molecule has 98 valence electrons. The third-order valence-electron chi connectivity index (χ3n) is 3.08. The first-order valence-electron chi connectivity index (χ1n) is 6.21. The van der Waals surface area contributed by atoms with E-state index in [0.29, 0.717) is 0 Å². The van der Waals surface area contributed by atoms with Crippen molar-refractivity contribution in [3.05, 3.63) is 34.9 Å². The van der Waals surface area contributed by atoms with Gasteiger partial charge in [-0.05, 0) is 38.8 Å². The Morgan fingerprint density at radius 3 is 2.78 bits per heavy atom. The molecule has 0 saturated carbocycles. The molecule has 0 bridgehead atoms. The van der Waals surface area contributed by atoms with Crippen LogP contribution in [0.15, 0.2) is 29.3 Å². The molecule has 1 fully saturated rings. The number of thioether (sulfide) groups is 1. The van der Waals surface area contributed by atoms with Crippen molar-refractivity contribution in [3.63, 3.8) is 0 Å². The Morgan fingerprint density at radius 1 is 1.39 bits per heavy atom. The van der Waals surface area contributed by atoms with Crippen molar-refractivity contribution in [1.29, 1.82) is 0 Å². The molecule has 1 aromatic carbocycles. The molecule has 4 heteroatoms. The van der Waals surface area contributed by atoms with Crippen LogP contribution in [0.4, 0.5) is 0 Å². The minimum Gasteiger partial charge on any atom is -0.360 e. The summed E-state index contributed by atoms with van der Waals surface area (Å²) < 4.78 is 0. The van der Waals surface area contributed by atoms with Crippen LogP contribution >= 0.6 is 23.4 Å². The number of aliphatic imine (C=N–C) groups is 1. The summed E-state index contributed by atoms with van der Waals surface area (Å²) in [5, 5.41) is 5.30. The summed E-state index contributed by atoms with van der Waals surface area (Å²) >= 11 is 7.99. The molecule has 0 spiro atoms. The van der Waals surface area contributed by atoms with E-state index in [-0.39, 0.29) is 11.6 Å². The van der Waals surface area contributed by atoms with Gasteiger partial charge in [0.05, 0.1) is 6.04 Å². The lowest BCUT2D eigenvalue weighted by molar-refractivity contribution is 0.445. The average molecular weight is 283 g/mol. The van der Waals surface area contributed by atoms with Crippen molar-refractivity contribution in [1.82, 2.24) is 5.32 Å². The van der Waals surface area contributed by atoms with E-state index in [4.69, 9.17) is 16.6 Å². The van der Waals surface area contributed by atoms with Gasteiger partial charge in [-0.15, -0.1) is 0 Å². The topological polar surface area (TPSA) is 24.4 Å². The van der Waals surface area contributed by atoms with Gasteiger partial charge < -0.3 is 5.32 Å². The van der Waals surface area contributed by atoms with E-state index in [1.807, 2.05) is 24.3 Å². The van der Waals surface area contributed by atoms with Crippen molar-refractivity contribution < 1.29 is 0 Å². The van der Waals surface area contributed by atoms with Gasteiger partial charge in [0.1, 0.15) is 0 Å². The maximum atomic E-state index is 6.20. The normalized spacial score (nSPS) is 22.6. The number of halogens is 1. The number of nitrogens with one attached hydrogen (secondary N) is 1. The first-order chi connectivity index (χ1) is 8.48. The smallest absolute Gasteiger partial charge is 0.157 e. The Hall–Kier alpha value is -0.670. The van der Waals surface area contributed by atoms with Crippen LogP contribution in [0.25, 0.3) is 0 Å². The molecule has 1 N–H and O–H groups in total. The molecule has 18 heavy (non-hydrogen) atoms. The number of benzene rings is 1. The van der Waals surface area contributed by atoms with Crippen LogP contribution in [0.1, 0.15) is 38.8 Å². The maximum absolute atomic E-state index is 6.20. The molecule has 0 aliphatic carbocycles. The molecule has 2 rings (SSSR count). The fourth-order valence-corrected chi connectivity index (χ4v) is 3.60. The monoisotopic (exact) mass is 282 g/mol. The summed E-state index contributed by atoms with van der Waals surface area (Å²) in [6.45, 7) is 6.50. The Morgan fingerprint density at radius 2 is 2.11 bits per heavy atom. The second-order valence-electron chi connectivity index (χ2n) is 5.24. The van der Waals surface area contributed by atoms with Gasteiger partial charge >= 0.3 is 0 Å². The Labute approximate surface area is 118 Å². The number of hydrogen-bond donors (Lipinski definition) is 1. The Balaban J connectivity index is 2.15. The fraction of sp³-hybridized carbons (Fsp3) is 0.500. The van der Waals surface area contributed by atoms with Crippen LogP contribution in [0.3, 0.4) is 0 Å². The van der Waals surface area contributed by atoms with Crippen LogP contribution in [-0.2, 0) is 0 Å². The third kappa shape index (κ3) is 3.42. The van der Waals surface area contributed by atoms with Crippen LogP contribution < -0.4 is 5.32 Å². The van der Waals surface area contributed by atoms with Gasteiger partial charge in [-0.3, -0.25) is 4.99 Å². The molecular formula is C14H19ClN2S. The Bertz CT molecular complexity index is 457. The van der Waals surface area contributed by atoms with Gasteiger partial charge in [-0.2, -0.15) is 0 Å². The van der Waals surface area contributed by atoms with Crippen molar-refractivity contribution in [2.75, 3.05) is 5.75 Å². The lowest BCUT2D eigenvalue weighted by Gasteiger charge is -2.32. The van der Waals surface area contributed by atoms with Crippen LogP contribution in [0.5, 0.6) is 0 Å². The second kappa shape index (κ2) is 5.54. The highest BCUT2D eigenvalue weighted by Gasteiger charge is 2.24. The van der Waals surface area contributed by atoms with Gasteiger partial charge in [0, 0.05) is 16.3 Å². The zero-order chi connectivity index (χ0) is 13.2. The van der Waals surface area contributed by atoms with Crippen molar-refractivity contribution in [2.24, 2.45) is 4.99 Å². The van der Waals surface area contributed by atoms with E-state index in [2.05, 4.69) is 26.1 Å². The molecule has 1 unspecified atom stereocenters. The van der Waals surface area contributed by atoms with Gasteiger partial charge in [0.15, 0.2) is 5.17 Å². The van der Waals surface area contributed by atoms with Crippen LogP contribution in [-0.4, -0.2) is 16.5 Å². The zero-order valence-corrected chi connectivity index (χ0v) is 12.6. The molecule has 2 nitrogen and oxygen atoms in total. The predicted molar refractivity (Wildman–Crippen MR) is 81.6 cm³/mol. The van der Waals surface area contributed by atoms with E-state index in [9.17, 15) is 0 Å². The summed E-state index contributed by atoms with van der Waals surface area (Å²) in [6, 6.07) is 7.99. The van der Waals surface area contributed by atoms with E-state index >= 15 is 0 Å². The zero-order valence-electron chi connectivity index (χ0n) is 11.0. The SMILES string of the molecule is CC(N=C1NC(C)(C)CCS1)c1ccccc1Cl. The molecule has 0 aromatic heterocycles. The average Bonchev–Trinajstić information content (AvgIpc) is 2.28. The number of hydrogen-bond acceptors (Lipinski definition) is 2. The van der Waals surface area contributed by atoms with Crippen LogP contribution in [0.2, 0.25) is 5.02 Å². The standard InChI is InChI=1S/C14H19ClN2S/c1-10(11-6-4-5-7-12(11)15)16-13-17-14(2,3)8-9-18-13/h4-7,10H,8-9H2,1-3H3,(H,16,17). The minimum absolute atomic E-state index is 0.0857. The summed E-state index contributed by atoms with van der Waals surface area (Å²) in [6.07, 6.45) is 1.16. The van der Waals surface area contributed by atoms with Gasteiger partial charge in [-0.25, -0.2) is 0 Å². The van der Waals surface area contributed by atoms with Crippen molar-refractivity contribution >= 4 is 28.5 Å². The maximum Gasteiger partial charge on any atom is 0.157 e. The largest absolute Gasteiger partial charge is 0.360 e. The van der Waals surface area contributed by atoms with E-state index in [0.717, 1.165) is 27.9 Å². The second-order valence-corrected chi connectivity index (χ2v) is 6.73. The van der Waals surface area contributed by atoms with Gasteiger partial charge in [-0.1, -0.05) is 41.6 Å². The number of nitrogens with zero attached hydrogens (tertiary/aromatic N) is 1. The number of rotatable bonds is 2. The van der Waals surface area contributed by atoms with E-state index in [1.54, 1.807) is 11.8 Å². The minimum atomic E-state index is 0.0857. The van der Waals surface area contributed by atoms with Crippen molar-refractivity contribution in [3.8, 4) is 0 Å². The third-order valence-corrected chi connectivity index (χ3v) is 4.31. The van der Waals surface area contributed by atoms with Crippen molar-refractivity contribution in [2.45, 2.75) is 38.8 Å². The molecule has 1 aliphatic rings. The Kier molecular flexibility index (Phi) is 4.23. The predicted octanol–water partition coefficient (Wildman–Crippen LogP) is 4.26. The molecule has 1 atom stereocenters. The summed E-state index contributed by atoms with van der Waals surface area (Å²) in [7, 11) is 0. The van der Waals surface area contributed by atoms with E-state index in [1.165, 1.54) is 0 Å². The summed E-state index contributed by atoms with van der Waals surface area (Å²) in [4.78, 5) is 4.75. The lowest BCUT2D eigenvalue weighted by atomic mass is 10.0. The highest BCUT2D eigenvalue weighted by molar-refractivity contribution is 8.13. The van der Waals surface area contributed by atoms with Gasteiger partial charge in [0.2, 0.25) is 0 Å².